The van der Waals surface area contributed by atoms with E-state index in [0.717, 1.165) is 67.7 Å². The van der Waals surface area contributed by atoms with Gasteiger partial charge >= 0.3 is 11.9 Å². The number of ether oxygens (including phenoxy) is 2. The van der Waals surface area contributed by atoms with Crippen molar-refractivity contribution in [2.75, 3.05) is 0 Å². The Morgan fingerprint density at radius 3 is 1.62 bits per heavy atom. The SMILES string of the molecule is CC1(C)CC(OC(=O)c2cc3ccccc3cc2C2CCC(C(=O)OC3CC(C)(C)NC(C)(C)C3)CC2)CC(C)(C)N1. The lowest BCUT2D eigenvalue weighted by molar-refractivity contribution is -0.159. The van der Waals surface area contributed by atoms with Gasteiger partial charge in [0.15, 0.2) is 0 Å². The van der Waals surface area contributed by atoms with Crippen LogP contribution in [0.5, 0.6) is 0 Å². The van der Waals surface area contributed by atoms with E-state index in [1.807, 2.05) is 18.2 Å². The minimum atomic E-state index is -0.230. The molecular formula is C36H52N2O4. The van der Waals surface area contributed by atoms with E-state index in [4.69, 9.17) is 9.47 Å². The molecule has 0 spiro atoms. The van der Waals surface area contributed by atoms with Gasteiger partial charge in [-0.1, -0.05) is 30.3 Å². The molecule has 3 aliphatic rings. The molecule has 6 heteroatoms. The lowest BCUT2D eigenvalue weighted by Gasteiger charge is -2.46. The van der Waals surface area contributed by atoms with Crippen molar-refractivity contribution in [3.8, 4) is 0 Å². The molecule has 0 bridgehead atoms. The third kappa shape index (κ3) is 7.37. The zero-order chi connectivity index (χ0) is 30.5. The van der Waals surface area contributed by atoms with Gasteiger partial charge in [-0.25, -0.2) is 4.79 Å². The second-order valence-corrected chi connectivity index (χ2v) is 16.0. The molecule has 2 saturated heterocycles. The average molecular weight is 577 g/mol. The van der Waals surface area contributed by atoms with Crippen LogP contribution in [0.4, 0.5) is 0 Å². The molecule has 230 valence electrons. The van der Waals surface area contributed by atoms with Gasteiger partial charge in [0.05, 0.1) is 11.5 Å². The first-order valence-electron chi connectivity index (χ1n) is 16.0. The van der Waals surface area contributed by atoms with Gasteiger partial charge in [0, 0.05) is 47.8 Å². The number of benzene rings is 2. The van der Waals surface area contributed by atoms with Gasteiger partial charge in [-0.05, 0) is 109 Å². The Balaban J connectivity index is 1.30. The highest BCUT2D eigenvalue weighted by Crippen LogP contribution is 2.41. The molecule has 2 aliphatic heterocycles. The normalized spacial score (nSPS) is 27.3. The van der Waals surface area contributed by atoms with Gasteiger partial charge in [-0.15, -0.1) is 0 Å². The highest BCUT2D eigenvalue weighted by Gasteiger charge is 2.42. The lowest BCUT2D eigenvalue weighted by atomic mass is 9.76. The standard InChI is InChI=1S/C36H52N2O4/c1-33(2)19-27(20-34(3,4)37-33)41-31(39)24-15-13-23(14-16-24)29-17-25-11-9-10-12-26(25)18-30(29)32(40)42-28-21-35(5,6)38-36(7,8)22-28/h9-12,17-18,23-24,27-28,37-38H,13-16,19-22H2,1-8H3. The van der Waals surface area contributed by atoms with E-state index < -0.39 is 0 Å². The number of hydrogen-bond acceptors (Lipinski definition) is 6. The molecule has 2 N–H and O–H groups in total. The molecule has 0 aromatic heterocycles. The van der Waals surface area contributed by atoms with Gasteiger partial charge < -0.3 is 20.1 Å². The lowest BCUT2D eigenvalue weighted by Crippen LogP contribution is -2.59. The van der Waals surface area contributed by atoms with Crippen molar-refractivity contribution in [3.63, 3.8) is 0 Å². The largest absolute Gasteiger partial charge is 0.462 e. The van der Waals surface area contributed by atoms with Crippen molar-refractivity contribution < 1.29 is 19.1 Å². The zero-order valence-electron chi connectivity index (χ0n) is 27.1. The third-order valence-corrected chi connectivity index (χ3v) is 9.50. The summed E-state index contributed by atoms with van der Waals surface area (Å²) < 4.78 is 12.4. The van der Waals surface area contributed by atoms with E-state index in [-0.39, 0.29) is 58.1 Å². The highest BCUT2D eigenvalue weighted by molar-refractivity contribution is 5.97. The first kappa shape index (κ1) is 31.0. The summed E-state index contributed by atoms with van der Waals surface area (Å²) in [6, 6.07) is 12.4. The summed E-state index contributed by atoms with van der Waals surface area (Å²) in [5.41, 5.74) is 1.39. The van der Waals surface area contributed by atoms with E-state index in [2.05, 4.69) is 84.2 Å². The van der Waals surface area contributed by atoms with Crippen molar-refractivity contribution in [2.24, 2.45) is 5.92 Å². The van der Waals surface area contributed by atoms with Crippen molar-refractivity contribution in [3.05, 3.63) is 47.5 Å². The quantitative estimate of drug-likeness (QED) is 0.361. The minimum Gasteiger partial charge on any atom is -0.462 e. The number of carbonyl (C=O) groups excluding carboxylic acids is 2. The van der Waals surface area contributed by atoms with Crippen molar-refractivity contribution in [2.45, 2.75) is 147 Å². The first-order chi connectivity index (χ1) is 19.5. The topological polar surface area (TPSA) is 76.7 Å². The molecule has 3 fully saturated rings. The van der Waals surface area contributed by atoms with E-state index in [9.17, 15) is 9.59 Å². The van der Waals surface area contributed by atoms with Crippen LogP contribution < -0.4 is 10.6 Å². The first-order valence-corrected chi connectivity index (χ1v) is 16.0. The fourth-order valence-corrected chi connectivity index (χ4v) is 8.51. The second-order valence-electron chi connectivity index (χ2n) is 16.0. The van der Waals surface area contributed by atoms with Gasteiger partial charge in [-0.3, -0.25) is 4.79 Å². The number of piperidine rings is 2. The fraction of sp³-hybridized carbons (Fsp3) is 0.667. The summed E-state index contributed by atoms with van der Waals surface area (Å²) in [4.78, 5) is 27.1. The minimum absolute atomic E-state index is 0.0544. The average Bonchev–Trinajstić information content (AvgIpc) is 2.84. The Morgan fingerprint density at radius 1 is 0.667 bits per heavy atom. The van der Waals surface area contributed by atoms with E-state index in [1.165, 1.54) is 0 Å². The van der Waals surface area contributed by atoms with Crippen LogP contribution in [0.15, 0.2) is 36.4 Å². The molecule has 1 aliphatic carbocycles. The number of nitrogens with one attached hydrogen (secondary N) is 2. The summed E-state index contributed by atoms with van der Waals surface area (Å²) in [5, 5.41) is 9.52. The number of rotatable bonds is 5. The van der Waals surface area contributed by atoms with Gasteiger partial charge in [0.2, 0.25) is 0 Å². The van der Waals surface area contributed by atoms with E-state index in [1.54, 1.807) is 0 Å². The molecule has 0 unspecified atom stereocenters. The molecule has 6 nitrogen and oxygen atoms in total. The van der Waals surface area contributed by atoms with Crippen LogP contribution in [0.1, 0.15) is 129 Å². The van der Waals surface area contributed by atoms with Crippen molar-refractivity contribution in [1.82, 2.24) is 10.6 Å². The molecule has 0 atom stereocenters. The van der Waals surface area contributed by atoms with Crippen LogP contribution in [-0.4, -0.2) is 46.3 Å². The molecular weight excluding hydrogens is 524 g/mol. The smallest absolute Gasteiger partial charge is 0.338 e. The summed E-state index contributed by atoms with van der Waals surface area (Å²) in [6.07, 6.45) is 6.28. The van der Waals surface area contributed by atoms with Crippen LogP contribution in [0, 0.1) is 5.92 Å². The maximum atomic E-state index is 13.8. The molecule has 1 saturated carbocycles. The predicted octanol–water partition coefficient (Wildman–Crippen LogP) is 7.43. The summed E-state index contributed by atoms with van der Waals surface area (Å²) in [5.74, 6) is -0.163. The molecule has 0 amide bonds. The van der Waals surface area contributed by atoms with E-state index in [0.29, 0.717) is 5.56 Å². The Hall–Kier alpha value is -2.44. The number of carbonyl (C=O) groups is 2. The van der Waals surface area contributed by atoms with E-state index >= 15 is 0 Å². The van der Waals surface area contributed by atoms with Gasteiger partial charge in [0.1, 0.15) is 12.2 Å². The number of fused-ring (bicyclic) bond motifs is 1. The third-order valence-electron chi connectivity index (χ3n) is 9.50. The van der Waals surface area contributed by atoms with Crippen LogP contribution in [-0.2, 0) is 14.3 Å². The number of esters is 2. The van der Waals surface area contributed by atoms with Crippen LogP contribution in [0.3, 0.4) is 0 Å². The van der Waals surface area contributed by atoms with Crippen LogP contribution >= 0.6 is 0 Å². The molecule has 2 aromatic carbocycles. The number of hydrogen-bond donors (Lipinski definition) is 2. The van der Waals surface area contributed by atoms with Gasteiger partial charge in [-0.2, -0.15) is 0 Å². The van der Waals surface area contributed by atoms with Crippen molar-refractivity contribution in [1.29, 1.82) is 0 Å². The van der Waals surface area contributed by atoms with Gasteiger partial charge in [0.25, 0.3) is 0 Å². The highest BCUT2D eigenvalue weighted by atomic mass is 16.5. The maximum Gasteiger partial charge on any atom is 0.338 e. The molecule has 2 aromatic rings. The Kier molecular flexibility index (Phi) is 8.30. The second kappa shape index (κ2) is 11.2. The zero-order valence-corrected chi connectivity index (χ0v) is 27.1. The Bertz CT molecular complexity index is 1290. The van der Waals surface area contributed by atoms with Crippen molar-refractivity contribution >= 4 is 22.7 Å². The molecule has 42 heavy (non-hydrogen) atoms. The monoisotopic (exact) mass is 576 g/mol. The Morgan fingerprint density at radius 2 is 1.12 bits per heavy atom. The fourth-order valence-electron chi connectivity index (χ4n) is 8.51. The molecule has 5 rings (SSSR count). The maximum absolute atomic E-state index is 13.8. The molecule has 2 heterocycles. The predicted molar refractivity (Wildman–Crippen MR) is 169 cm³/mol. The Labute approximate surface area is 252 Å². The molecule has 0 radical (unpaired) electrons. The summed E-state index contributed by atoms with van der Waals surface area (Å²) in [7, 11) is 0. The van der Waals surface area contributed by atoms with Crippen LogP contribution in [0.2, 0.25) is 0 Å². The van der Waals surface area contributed by atoms with Crippen LogP contribution in [0.25, 0.3) is 10.8 Å². The summed E-state index contributed by atoms with van der Waals surface area (Å²) in [6.45, 7) is 17.4. The summed E-state index contributed by atoms with van der Waals surface area (Å²) >= 11 is 0.